The number of pyridine rings is 1. The van der Waals surface area contributed by atoms with Gasteiger partial charge >= 0.3 is 0 Å². The van der Waals surface area contributed by atoms with Crippen LogP contribution >= 0.6 is 27.3 Å². The zero-order chi connectivity index (χ0) is 16.6. The van der Waals surface area contributed by atoms with Crippen molar-refractivity contribution in [1.29, 1.82) is 0 Å². The second-order valence-electron chi connectivity index (χ2n) is 5.41. The first-order valence-electron chi connectivity index (χ1n) is 7.14. The smallest absolute Gasteiger partial charge is 0.263 e. The lowest BCUT2D eigenvalue weighted by Gasteiger charge is -2.05. The molecule has 0 saturated heterocycles. The van der Waals surface area contributed by atoms with Crippen LogP contribution in [0.1, 0.15) is 26.5 Å². The van der Waals surface area contributed by atoms with Crippen molar-refractivity contribution in [1.82, 2.24) is 10.3 Å². The summed E-state index contributed by atoms with van der Waals surface area (Å²) >= 11 is 4.74. The topological polar surface area (TPSA) is 68.0 Å². The van der Waals surface area contributed by atoms with E-state index in [2.05, 4.69) is 26.2 Å². The number of thiophene rings is 1. The predicted octanol–water partition coefficient (Wildman–Crippen LogP) is 4.19. The van der Waals surface area contributed by atoms with E-state index >= 15 is 0 Å². The molecule has 0 atom stereocenters. The highest BCUT2D eigenvalue weighted by molar-refractivity contribution is 9.10. The van der Waals surface area contributed by atoms with E-state index in [1.807, 2.05) is 44.2 Å². The molecule has 0 bridgehead atoms. The summed E-state index contributed by atoms with van der Waals surface area (Å²) < 4.78 is 1.01. The van der Waals surface area contributed by atoms with Gasteiger partial charge in [0.25, 0.3) is 5.91 Å². The fourth-order valence-electron chi connectivity index (χ4n) is 2.50. The summed E-state index contributed by atoms with van der Waals surface area (Å²) in [6.45, 7) is 4.39. The highest BCUT2D eigenvalue weighted by atomic mass is 79.9. The van der Waals surface area contributed by atoms with Crippen LogP contribution in [0.2, 0.25) is 0 Å². The van der Waals surface area contributed by atoms with Gasteiger partial charge in [0.1, 0.15) is 9.71 Å². The zero-order valence-corrected chi connectivity index (χ0v) is 15.2. The number of nitrogens with zero attached hydrogens (tertiary/aromatic N) is 1. The highest BCUT2D eigenvalue weighted by Gasteiger charge is 2.18. The summed E-state index contributed by atoms with van der Waals surface area (Å²) in [5, 5.41) is 3.80. The SMILES string of the molecule is Cc1cc(C)c2c(N)c(C(=O)NCc3ccc(Br)cc3)sc2n1. The van der Waals surface area contributed by atoms with Crippen molar-refractivity contribution in [3.8, 4) is 0 Å². The van der Waals surface area contributed by atoms with Crippen LogP contribution in [-0.2, 0) is 6.54 Å². The first-order valence-corrected chi connectivity index (χ1v) is 8.75. The van der Waals surface area contributed by atoms with E-state index in [1.54, 1.807) is 0 Å². The monoisotopic (exact) mass is 389 g/mol. The number of nitrogens with two attached hydrogens (primary N) is 1. The Morgan fingerprint density at radius 3 is 2.70 bits per heavy atom. The minimum Gasteiger partial charge on any atom is -0.397 e. The van der Waals surface area contributed by atoms with Gasteiger partial charge in [0.2, 0.25) is 0 Å². The number of benzene rings is 1. The molecule has 118 valence electrons. The van der Waals surface area contributed by atoms with Gasteiger partial charge in [-0.2, -0.15) is 0 Å². The van der Waals surface area contributed by atoms with Crippen molar-refractivity contribution in [2.45, 2.75) is 20.4 Å². The van der Waals surface area contributed by atoms with Crippen LogP contribution in [0.15, 0.2) is 34.8 Å². The van der Waals surface area contributed by atoms with E-state index < -0.39 is 0 Å². The molecular weight excluding hydrogens is 374 g/mol. The maximum Gasteiger partial charge on any atom is 0.263 e. The van der Waals surface area contributed by atoms with Gasteiger partial charge in [-0.3, -0.25) is 4.79 Å². The lowest BCUT2D eigenvalue weighted by Crippen LogP contribution is -2.22. The molecule has 3 rings (SSSR count). The standard InChI is InChI=1S/C17H16BrN3OS/c1-9-7-10(2)21-17-13(9)14(19)15(23-17)16(22)20-8-11-3-5-12(18)6-4-11/h3-7H,8,19H2,1-2H3,(H,20,22). The number of aryl methyl sites for hydroxylation is 2. The summed E-state index contributed by atoms with van der Waals surface area (Å²) in [5.74, 6) is -0.162. The third kappa shape index (κ3) is 3.23. The van der Waals surface area contributed by atoms with Gasteiger partial charge in [-0.05, 0) is 43.2 Å². The molecule has 6 heteroatoms. The number of halogens is 1. The van der Waals surface area contributed by atoms with Crippen LogP contribution in [0.3, 0.4) is 0 Å². The number of aromatic nitrogens is 1. The number of carbonyl (C=O) groups is 1. The van der Waals surface area contributed by atoms with Gasteiger partial charge in [0, 0.05) is 22.1 Å². The molecule has 0 unspecified atom stereocenters. The van der Waals surface area contributed by atoms with Crippen LogP contribution in [0.5, 0.6) is 0 Å². The molecule has 0 aliphatic rings. The van der Waals surface area contributed by atoms with Crippen molar-refractivity contribution in [3.05, 3.63) is 56.5 Å². The summed E-state index contributed by atoms with van der Waals surface area (Å²) in [7, 11) is 0. The van der Waals surface area contributed by atoms with Gasteiger partial charge < -0.3 is 11.1 Å². The van der Waals surface area contributed by atoms with Gasteiger partial charge in [0.15, 0.2) is 0 Å². The third-order valence-corrected chi connectivity index (χ3v) is 5.22. The maximum absolute atomic E-state index is 12.5. The minimum atomic E-state index is -0.162. The van der Waals surface area contributed by atoms with Crippen LogP contribution in [0, 0.1) is 13.8 Å². The lowest BCUT2D eigenvalue weighted by molar-refractivity contribution is 0.0956. The molecule has 0 aliphatic carbocycles. The van der Waals surface area contributed by atoms with Gasteiger partial charge in [0.05, 0.1) is 5.69 Å². The molecule has 0 radical (unpaired) electrons. The van der Waals surface area contributed by atoms with E-state index in [4.69, 9.17) is 5.73 Å². The third-order valence-electron chi connectivity index (χ3n) is 3.60. The van der Waals surface area contributed by atoms with Crippen LogP contribution in [0.4, 0.5) is 5.69 Å². The van der Waals surface area contributed by atoms with E-state index in [0.29, 0.717) is 17.1 Å². The Bertz CT molecular complexity index is 887. The molecule has 23 heavy (non-hydrogen) atoms. The second-order valence-corrected chi connectivity index (χ2v) is 7.33. The Hall–Kier alpha value is -1.92. The number of fused-ring (bicyclic) bond motifs is 1. The molecule has 0 aliphatic heterocycles. The average molecular weight is 390 g/mol. The fraction of sp³-hybridized carbons (Fsp3) is 0.176. The molecule has 4 nitrogen and oxygen atoms in total. The number of anilines is 1. The summed E-state index contributed by atoms with van der Waals surface area (Å²) in [4.78, 5) is 18.3. The van der Waals surface area contributed by atoms with Gasteiger partial charge in [-0.15, -0.1) is 11.3 Å². The van der Waals surface area contributed by atoms with E-state index in [9.17, 15) is 4.79 Å². The summed E-state index contributed by atoms with van der Waals surface area (Å²) in [5.41, 5.74) is 9.71. The number of nitrogen functional groups attached to an aromatic ring is 1. The van der Waals surface area contributed by atoms with Crippen molar-refractivity contribution in [3.63, 3.8) is 0 Å². The molecular formula is C17H16BrN3OS. The quantitative estimate of drug-likeness (QED) is 0.705. The highest BCUT2D eigenvalue weighted by Crippen LogP contribution is 2.34. The van der Waals surface area contributed by atoms with E-state index in [0.717, 1.165) is 31.5 Å². The van der Waals surface area contributed by atoms with Gasteiger partial charge in [-0.25, -0.2) is 4.98 Å². The van der Waals surface area contributed by atoms with E-state index in [1.165, 1.54) is 11.3 Å². The average Bonchev–Trinajstić information content (AvgIpc) is 2.83. The van der Waals surface area contributed by atoms with Crippen molar-refractivity contribution < 1.29 is 4.79 Å². The second kappa shape index (κ2) is 6.29. The Balaban J connectivity index is 1.85. The molecule has 2 heterocycles. The molecule has 0 spiro atoms. The molecule has 1 amide bonds. The van der Waals surface area contributed by atoms with Crippen molar-refractivity contribution in [2.75, 3.05) is 5.73 Å². The van der Waals surface area contributed by atoms with Crippen molar-refractivity contribution in [2.24, 2.45) is 0 Å². The van der Waals surface area contributed by atoms with Crippen molar-refractivity contribution >= 4 is 49.1 Å². The van der Waals surface area contributed by atoms with Gasteiger partial charge in [-0.1, -0.05) is 28.1 Å². The largest absolute Gasteiger partial charge is 0.397 e. The van der Waals surface area contributed by atoms with Crippen LogP contribution < -0.4 is 11.1 Å². The fourth-order valence-corrected chi connectivity index (χ4v) is 3.90. The molecule has 1 aromatic carbocycles. The molecule has 3 aromatic rings. The Morgan fingerprint density at radius 2 is 2.00 bits per heavy atom. The Morgan fingerprint density at radius 1 is 1.30 bits per heavy atom. The number of hydrogen-bond donors (Lipinski definition) is 2. The summed E-state index contributed by atoms with van der Waals surface area (Å²) in [6.07, 6.45) is 0. The predicted molar refractivity (Wildman–Crippen MR) is 98.8 cm³/mol. The Kier molecular flexibility index (Phi) is 4.37. The minimum absolute atomic E-state index is 0.162. The summed E-state index contributed by atoms with van der Waals surface area (Å²) in [6, 6.07) is 9.81. The number of carbonyl (C=O) groups excluding carboxylic acids is 1. The lowest BCUT2D eigenvalue weighted by atomic mass is 10.1. The number of rotatable bonds is 3. The first kappa shape index (κ1) is 16.0. The Labute approximate surface area is 146 Å². The van der Waals surface area contributed by atoms with Crippen LogP contribution in [0.25, 0.3) is 10.2 Å². The number of amides is 1. The maximum atomic E-state index is 12.5. The molecule has 0 saturated carbocycles. The molecule has 3 N–H and O–H groups in total. The number of nitrogens with one attached hydrogen (secondary N) is 1. The zero-order valence-electron chi connectivity index (χ0n) is 12.8. The molecule has 2 aromatic heterocycles. The normalized spacial score (nSPS) is 10.9. The number of hydrogen-bond acceptors (Lipinski definition) is 4. The van der Waals surface area contributed by atoms with Crippen LogP contribution in [-0.4, -0.2) is 10.9 Å². The molecule has 0 fully saturated rings. The first-order chi connectivity index (χ1) is 11.0. The van der Waals surface area contributed by atoms with E-state index in [-0.39, 0.29) is 5.91 Å².